The van der Waals surface area contributed by atoms with Gasteiger partial charge in [0.25, 0.3) is 0 Å². The van der Waals surface area contributed by atoms with Gasteiger partial charge in [-0.2, -0.15) is 0 Å². The normalized spacial score (nSPS) is 15.3. The van der Waals surface area contributed by atoms with Gasteiger partial charge in [-0.15, -0.1) is 0 Å². The molecule has 0 spiro atoms. The molecule has 0 saturated carbocycles. The summed E-state index contributed by atoms with van der Waals surface area (Å²) in [5.41, 5.74) is 0. The van der Waals surface area contributed by atoms with Gasteiger partial charge in [-0.25, -0.2) is 4.57 Å². The van der Waals surface area contributed by atoms with Crippen molar-refractivity contribution in [3.05, 3.63) is 60.8 Å². The molecular weight excluding hydrogens is 647 g/mol. The lowest BCUT2D eigenvalue weighted by Crippen LogP contribution is -2.45. The van der Waals surface area contributed by atoms with Gasteiger partial charge in [-0.3, -0.25) is 13.8 Å². The summed E-state index contributed by atoms with van der Waals surface area (Å²) >= 11 is 0. The van der Waals surface area contributed by atoms with Crippen LogP contribution < -0.4 is 5.32 Å². The highest BCUT2D eigenvalue weighted by Crippen LogP contribution is 2.43. The van der Waals surface area contributed by atoms with E-state index in [4.69, 9.17) is 9.05 Å². The number of nitrogens with zero attached hydrogens (tertiary/aromatic N) is 1. The third-order valence-corrected chi connectivity index (χ3v) is 9.17. The molecule has 0 aromatic carbocycles. The number of carbonyl (C=O) groups excluding carboxylic acids is 1. The Morgan fingerprint density at radius 3 is 1.78 bits per heavy atom. The molecule has 0 aliphatic carbocycles. The Labute approximate surface area is 307 Å². The van der Waals surface area contributed by atoms with Gasteiger partial charge in [0.2, 0.25) is 5.91 Å². The minimum atomic E-state index is -4.35. The van der Waals surface area contributed by atoms with E-state index in [1.54, 1.807) is 6.08 Å². The van der Waals surface area contributed by atoms with Gasteiger partial charge in [0.1, 0.15) is 13.2 Å². The zero-order chi connectivity index (χ0) is 37.2. The molecule has 290 valence electrons. The lowest BCUT2D eigenvalue weighted by atomic mass is 10.1. The first-order valence-electron chi connectivity index (χ1n) is 19.7. The van der Waals surface area contributed by atoms with Crippen molar-refractivity contribution in [3.63, 3.8) is 0 Å². The third kappa shape index (κ3) is 34.6. The van der Waals surface area contributed by atoms with Crippen molar-refractivity contribution in [1.82, 2.24) is 5.32 Å². The number of carbonyl (C=O) groups is 1. The van der Waals surface area contributed by atoms with Gasteiger partial charge in [0.15, 0.2) is 0 Å². The fourth-order valence-electron chi connectivity index (χ4n) is 4.97. The monoisotopic (exact) mass is 724 g/mol. The highest BCUT2D eigenvalue weighted by molar-refractivity contribution is 7.47. The van der Waals surface area contributed by atoms with Crippen LogP contribution >= 0.6 is 7.82 Å². The number of hydrogen-bond donors (Lipinski definition) is 3. The summed E-state index contributed by atoms with van der Waals surface area (Å²) in [5.74, 6) is -0.211. The molecule has 3 N–H and O–H groups in total. The van der Waals surface area contributed by atoms with Crippen molar-refractivity contribution in [2.24, 2.45) is 0 Å². The second-order valence-corrected chi connectivity index (χ2v) is 15.7. The van der Waals surface area contributed by atoms with E-state index in [0.29, 0.717) is 17.4 Å². The Morgan fingerprint density at radius 1 is 0.680 bits per heavy atom. The molecule has 50 heavy (non-hydrogen) atoms. The van der Waals surface area contributed by atoms with Crippen molar-refractivity contribution >= 4 is 13.7 Å². The highest BCUT2D eigenvalue weighted by atomic mass is 31.2. The van der Waals surface area contributed by atoms with Crippen LogP contribution in [-0.4, -0.2) is 73.4 Å². The fraction of sp³-hybridized carbons (Fsp3) is 0.732. The largest absolute Gasteiger partial charge is 0.472 e. The van der Waals surface area contributed by atoms with Gasteiger partial charge in [0.05, 0.1) is 39.9 Å². The van der Waals surface area contributed by atoms with E-state index in [0.717, 1.165) is 70.6 Å². The summed E-state index contributed by atoms with van der Waals surface area (Å²) in [6, 6.07) is -0.876. The first-order valence-corrected chi connectivity index (χ1v) is 21.2. The topological polar surface area (TPSA) is 105 Å². The third-order valence-electron chi connectivity index (χ3n) is 8.19. The van der Waals surface area contributed by atoms with Crippen molar-refractivity contribution in [2.45, 2.75) is 154 Å². The number of rotatable bonds is 34. The molecule has 3 unspecified atom stereocenters. The first-order chi connectivity index (χ1) is 24.0. The maximum absolute atomic E-state index is 12.8. The molecule has 8 nitrogen and oxygen atoms in total. The fourth-order valence-corrected chi connectivity index (χ4v) is 5.70. The van der Waals surface area contributed by atoms with Crippen LogP contribution in [0.3, 0.4) is 0 Å². The molecule has 0 radical (unpaired) electrons. The SMILES string of the molecule is CCCC/C=C\C/C=C\CCCCCCCC(=O)NC(COP(=O)(O)OCC[N+](C)(C)C)C(O)/C=C/CC/C=C/CC/C=C/CCCCCC. The Balaban J connectivity index is 4.65. The van der Waals surface area contributed by atoms with E-state index in [1.807, 2.05) is 27.2 Å². The van der Waals surface area contributed by atoms with Gasteiger partial charge >= 0.3 is 7.82 Å². The number of phosphoric acid groups is 1. The van der Waals surface area contributed by atoms with Gasteiger partial charge in [0, 0.05) is 6.42 Å². The van der Waals surface area contributed by atoms with Crippen LogP contribution in [0.5, 0.6) is 0 Å². The first kappa shape index (κ1) is 48.2. The van der Waals surface area contributed by atoms with Crippen LogP contribution in [-0.2, 0) is 18.4 Å². The molecule has 0 aliphatic heterocycles. The summed E-state index contributed by atoms with van der Waals surface area (Å²) in [6.45, 7) is 4.67. The van der Waals surface area contributed by atoms with Crippen LogP contribution in [0.4, 0.5) is 0 Å². The Morgan fingerprint density at radius 2 is 1.18 bits per heavy atom. The van der Waals surface area contributed by atoms with E-state index >= 15 is 0 Å². The van der Waals surface area contributed by atoms with Crippen LogP contribution in [0.15, 0.2) is 60.8 Å². The van der Waals surface area contributed by atoms with Crippen LogP contribution in [0, 0.1) is 0 Å². The van der Waals surface area contributed by atoms with E-state index in [-0.39, 0.29) is 19.1 Å². The summed E-state index contributed by atoms with van der Waals surface area (Å²) in [4.78, 5) is 23.0. The minimum absolute atomic E-state index is 0.0480. The van der Waals surface area contributed by atoms with E-state index in [9.17, 15) is 19.4 Å². The van der Waals surface area contributed by atoms with Gasteiger partial charge < -0.3 is 19.8 Å². The van der Waals surface area contributed by atoms with Crippen LogP contribution in [0.1, 0.15) is 142 Å². The zero-order valence-electron chi connectivity index (χ0n) is 32.6. The highest BCUT2D eigenvalue weighted by Gasteiger charge is 2.27. The number of nitrogens with one attached hydrogen (secondary N) is 1. The number of phosphoric ester groups is 1. The smallest absolute Gasteiger partial charge is 0.387 e. The number of amides is 1. The summed E-state index contributed by atoms with van der Waals surface area (Å²) in [5, 5.41) is 13.7. The molecule has 3 atom stereocenters. The van der Waals surface area contributed by atoms with E-state index < -0.39 is 20.0 Å². The number of hydrogen-bond acceptors (Lipinski definition) is 5. The Hall–Kier alpha value is -1.80. The molecule has 0 saturated heterocycles. The molecule has 0 aliphatic rings. The number of unbranched alkanes of at least 4 members (excludes halogenated alkanes) is 13. The average molecular weight is 724 g/mol. The Bertz CT molecular complexity index is 1000. The van der Waals surface area contributed by atoms with Gasteiger partial charge in [-0.1, -0.05) is 126 Å². The van der Waals surface area contributed by atoms with Crippen LogP contribution in [0.25, 0.3) is 0 Å². The average Bonchev–Trinajstić information content (AvgIpc) is 3.06. The maximum Gasteiger partial charge on any atom is 0.472 e. The second-order valence-electron chi connectivity index (χ2n) is 14.3. The lowest BCUT2D eigenvalue weighted by molar-refractivity contribution is -0.870. The van der Waals surface area contributed by atoms with Crippen molar-refractivity contribution in [3.8, 4) is 0 Å². The van der Waals surface area contributed by atoms with Crippen molar-refractivity contribution < 1.29 is 32.9 Å². The van der Waals surface area contributed by atoms with Crippen molar-refractivity contribution in [2.75, 3.05) is 40.9 Å². The minimum Gasteiger partial charge on any atom is -0.387 e. The maximum atomic E-state index is 12.8. The van der Waals surface area contributed by atoms with E-state index in [1.165, 1.54) is 51.4 Å². The summed E-state index contributed by atoms with van der Waals surface area (Å²) in [7, 11) is 1.52. The molecule has 0 fully saturated rings. The number of aliphatic hydroxyl groups excluding tert-OH is 1. The predicted octanol–water partition coefficient (Wildman–Crippen LogP) is 10.3. The number of allylic oxidation sites excluding steroid dienone is 9. The van der Waals surface area contributed by atoms with Gasteiger partial charge in [-0.05, 0) is 70.6 Å². The zero-order valence-corrected chi connectivity index (χ0v) is 33.5. The standard InChI is InChI=1S/C41H75N2O6P/c1-6-8-10-12-14-16-18-20-22-24-26-28-30-32-34-40(44)39(38-49-50(46,47)48-37-36-43(3,4)5)42-41(45)35-33-31-29-27-25-23-21-19-17-15-13-11-9-7-2/h13,15-16,18-19,21,24,26,32,34,39-40,44H,6-12,14,17,20,22-23,25,27-31,33,35-38H2,1-5H3,(H-,42,45,46,47)/p+1/b15-13-,18-16+,21-19-,26-24+,34-32+. The molecule has 0 rings (SSSR count). The molecular formula is C41H76N2O6P+. The quantitative estimate of drug-likeness (QED) is 0.0264. The number of aliphatic hydroxyl groups is 1. The predicted molar refractivity (Wildman–Crippen MR) is 212 cm³/mol. The molecule has 1 amide bonds. The van der Waals surface area contributed by atoms with Crippen molar-refractivity contribution in [1.29, 1.82) is 0 Å². The molecule has 0 aromatic heterocycles. The molecule has 0 aromatic rings. The summed E-state index contributed by atoms with van der Waals surface area (Å²) < 4.78 is 23.4. The molecule has 9 heteroatoms. The number of likely N-dealkylation sites (N-methyl/N-ethyl adjacent to an activating group) is 1. The second kappa shape index (κ2) is 33.1. The molecule has 0 heterocycles. The van der Waals surface area contributed by atoms with E-state index in [2.05, 4.69) is 67.8 Å². The summed E-state index contributed by atoms with van der Waals surface area (Å²) in [6.07, 6.45) is 41.4. The lowest BCUT2D eigenvalue weighted by Gasteiger charge is -2.25. The Kier molecular flexibility index (Phi) is 31.9. The number of quaternary nitrogens is 1. The van der Waals surface area contributed by atoms with Crippen LogP contribution in [0.2, 0.25) is 0 Å². The molecule has 0 bridgehead atoms.